The third-order valence-electron chi connectivity index (χ3n) is 17.0. The van der Waals surface area contributed by atoms with E-state index in [1.54, 1.807) is 0 Å². The van der Waals surface area contributed by atoms with Crippen molar-refractivity contribution in [1.29, 1.82) is 0 Å². The van der Waals surface area contributed by atoms with E-state index in [0.717, 1.165) is 89.1 Å². The molecule has 0 N–H and O–H groups in total. The Morgan fingerprint density at radius 2 is 0.691 bits per heavy atom. The number of hydrogen-bond acceptors (Lipinski definition) is 6. The smallest absolute Gasteiger partial charge is 0.139 e. The Morgan fingerprint density at radius 1 is 0.309 bits per heavy atom. The first-order chi connectivity index (χ1) is 39.9. The van der Waals surface area contributed by atoms with Crippen LogP contribution in [0.4, 0.5) is 34.1 Å². The van der Waals surface area contributed by atoms with Gasteiger partial charge in [-0.2, -0.15) is 0 Å². The number of fused-ring (bicyclic) bond motifs is 15. The van der Waals surface area contributed by atoms with Crippen molar-refractivity contribution in [2.24, 2.45) is 0 Å². The van der Waals surface area contributed by atoms with Gasteiger partial charge in [-0.1, -0.05) is 172 Å². The highest BCUT2D eigenvalue weighted by molar-refractivity contribution is 7.28. The summed E-state index contributed by atoms with van der Waals surface area (Å²) in [6.07, 6.45) is 0. The zero-order valence-electron chi connectivity index (χ0n) is 44.3. The van der Waals surface area contributed by atoms with Crippen LogP contribution < -0.4 is 9.80 Å². The Bertz CT molecular complexity index is 4700. The molecule has 0 saturated carbocycles. The lowest BCUT2D eigenvalue weighted by molar-refractivity contribution is 0.656. The largest absolute Gasteiger partial charge is 0.456 e. The summed E-state index contributed by atoms with van der Waals surface area (Å²) in [7, 11) is 0. The van der Waals surface area contributed by atoms with Crippen molar-refractivity contribution in [2.45, 2.75) is 19.3 Å². The van der Waals surface area contributed by atoms with Gasteiger partial charge in [-0.05, 0) is 124 Å². The fourth-order valence-electron chi connectivity index (χ4n) is 13.7. The minimum absolute atomic E-state index is 0.439. The number of furan rings is 2. The molecule has 382 valence electrons. The molecule has 0 saturated heterocycles. The molecule has 0 amide bonds. The SMILES string of the molecule is CC1(C)c2c(cccc2N(c2ccccc2)c2ccc(-c3c4c(cc5oc6ccccc6c35)oc3ccccc34)cc2)-c2cccc(N(c3ccccc3)c3ccc(-c4c5c(cc6sc7ccccc7c46)sc4ccccc45)cc3)c21. The maximum absolute atomic E-state index is 6.55. The van der Waals surface area contributed by atoms with E-state index in [0.29, 0.717) is 0 Å². The lowest BCUT2D eigenvalue weighted by atomic mass is 9.80. The summed E-state index contributed by atoms with van der Waals surface area (Å²) in [5, 5.41) is 9.64. The van der Waals surface area contributed by atoms with Crippen molar-refractivity contribution in [1.82, 2.24) is 0 Å². The van der Waals surface area contributed by atoms with Crippen molar-refractivity contribution >= 4 is 141 Å². The molecule has 4 aromatic heterocycles. The molecule has 81 heavy (non-hydrogen) atoms. The van der Waals surface area contributed by atoms with E-state index in [2.05, 4.69) is 266 Å². The number of hydrogen-bond donors (Lipinski definition) is 0. The highest BCUT2D eigenvalue weighted by atomic mass is 32.1. The monoisotopic (exact) mass is 1070 g/mol. The third-order valence-corrected chi connectivity index (χ3v) is 19.2. The standard InChI is InChI=1S/C75H48N2O2S2/c1-75(2)73-51(27-17-29-57(73)76(47-19-5-3-6-20-47)49-39-35-45(36-40-49)67-69-53-23-9-13-31-59(53)78-61(69)43-62-70(67)54-24-10-14-32-60(54)79-62)52-28-18-30-58(74(52)75)77(48-21-7-4-8-22-48)50-41-37-46(38-42-50)68-71-55-25-11-15-33-63(55)80-65(71)44-66-72(68)56-26-12-16-34-64(56)81-66/h3-44H,1-2H3. The van der Waals surface area contributed by atoms with Crippen LogP contribution >= 0.6 is 22.7 Å². The van der Waals surface area contributed by atoms with Gasteiger partial charge in [-0.3, -0.25) is 0 Å². The molecule has 16 aromatic rings. The lowest BCUT2D eigenvalue weighted by Gasteiger charge is -2.34. The van der Waals surface area contributed by atoms with Gasteiger partial charge in [0.25, 0.3) is 0 Å². The summed E-state index contributed by atoms with van der Waals surface area (Å²) < 4.78 is 18.4. The van der Waals surface area contributed by atoms with Crippen LogP contribution in [0.1, 0.15) is 25.0 Å². The van der Waals surface area contributed by atoms with E-state index < -0.39 is 5.41 Å². The Kier molecular flexibility index (Phi) is 10.1. The zero-order valence-corrected chi connectivity index (χ0v) is 45.9. The van der Waals surface area contributed by atoms with Gasteiger partial charge < -0.3 is 18.6 Å². The van der Waals surface area contributed by atoms with E-state index in [1.165, 1.54) is 73.7 Å². The average Bonchev–Trinajstić information content (AvgIpc) is 4.32. The highest BCUT2D eigenvalue weighted by Gasteiger charge is 2.42. The molecule has 0 radical (unpaired) electrons. The molecule has 4 heterocycles. The summed E-state index contributed by atoms with van der Waals surface area (Å²) in [4.78, 5) is 4.93. The van der Waals surface area contributed by atoms with Crippen molar-refractivity contribution in [3.8, 4) is 33.4 Å². The van der Waals surface area contributed by atoms with Crippen LogP contribution in [0.2, 0.25) is 0 Å². The Morgan fingerprint density at radius 3 is 1.15 bits per heavy atom. The van der Waals surface area contributed by atoms with E-state index >= 15 is 0 Å². The van der Waals surface area contributed by atoms with Crippen LogP contribution in [0.5, 0.6) is 0 Å². The summed E-state index contributed by atoms with van der Waals surface area (Å²) in [5.74, 6) is 0. The summed E-state index contributed by atoms with van der Waals surface area (Å²) in [6.45, 7) is 4.84. The Balaban J connectivity index is 0.810. The summed E-state index contributed by atoms with van der Waals surface area (Å²) in [5.41, 5.74) is 19.4. The van der Waals surface area contributed by atoms with Gasteiger partial charge in [0.2, 0.25) is 0 Å². The number of anilines is 6. The van der Waals surface area contributed by atoms with E-state index in [4.69, 9.17) is 8.83 Å². The second-order valence-electron chi connectivity index (χ2n) is 21.8. The van der Waals surface area contributed by atoms with Crippen LogP contribution in [0, 0.1) is 0 Å². The molecular formula is C75H48N2O2S2. The average molecular weight is 1070 g/mol. The van der Waals surface area contributed by atoms with E-state index in [1.807, 2.05) is 34.8 Å². The molecule has 0 unspecified atom stereocenters. The number of nitrogens with zero attached hydrogens (tertiary/aromatic N) is 2. The topological polar surface area (TPSA) is 32.8 Å². The maximum Gasteiger partial charge on any atom is 0.139 e. The van der Waals surface area contributed by atoms with E-state index in [9.17, 15) is 0 Å². The van der Waals surface area contributed by atoms with Crippen LogP contribution in [0.15, 0.2) is 264 Å². The van der Waals surface area contributed by atoms with Crippen molar-refractivity contribution < 1.29 is 8.83 Å². The van der Waals surface area contributed by atoms with Crippen LogP contribution in [-0.2, 0) is 5.41 Å². The molecule has 17 rings (SSSR count). The van der Waals surface area contributed by atoms with Gasteiger partial charge in [0.05, 0.1) is 11.4 Å². The van der Waals surface area contributed by atoms with Gasteiger partial charge >= 0.3 is 0 Å². The quantitative estimate of drug-likeness (QED) is 0.152. The predicted octanol–water partition coefficient (Wildman–Crippen LogP) is 22.8. The first kappa shape index (κ1) is 46.2. The number of rotatable bonds is 8. The number of benzene rings is 12. The minimum atomic E-state index is -0.439. The maximum atomic E-state index is 6.55. The Labute approximate surface area is 475 Å². The highest BCUT2D eigenvalue weighted by Crippen LogP contribution is 2.59. The molecule has 4 nitrogen and oxygen atoms in total. The fourth-order valence-corrected chi connectivity index (χ4v) is 16.0. The zero-order chi connectivity index (χ0) is 53.5. The molecule has 6 heteroatoms. The molecule has 1 aliphatic carbocycles. The fraction of sp³-hybridized carbons (Fsp3) is 0.0400. The lowest BCUT2D eigenvalue weighted by Crippen LogP contribution is -2.23. The molecule has 0 aliphatic heterocycles. The molecule has 0 bridgehead atoms. The Hall–Kier alpha value is -9.72. The van der Waals surface area contributed by atoms with Crippen molar-refractivity contribution in [2.75, 3.05) is 9.80 Å². The van der Waals surface area contributed by atoms with Crippen molar-refractivity contribution in [3.05, 3.63) is 266 Å². The van der Waals surface area contributed by atoms with Crippen LogP contribution in [0.3, 0.4) is 0 Å². The molecule has 1 aliphatic rings. The molecule has 0 spiro atoms. The second kappa shape index (κ2) is 17.6. The van der Waals surface area contributed by atoms with Crippen LogP contribution in [0.25, 0.3) is 118 Å². The summed E-state index contributed by atoms with van der Waals surface area (Å²) >= 11 is 3.79. The normalized spacial score (nSPS) is 12.9. The van der Waals surface area contributed by atoms with Crippen molar-refractivity contribution in [3.63, 3.8) is 0 Å². The third kappa shape index (κ3) is 6.88. The predicted molar refractivity (Wildman–Crippen MR) is 345 cm³/mol. The molecule has 12 aromatic carbocycles. The first-order valence-electron chi connectivity index (χ1n) is 27.6. The summed E-state index contributed by atoms with van der Waals surface area (Å²) in [6, 6.07) is 93.0. The molecular weight excluding hydrogens is 1020 g/mol. The molecule has 0 fully saturated rings. The number of thiophene rings is 2. The van der Waals surface area contributed by atoms with Gasteiger partial charge in [0.1, 0.15) is 22.3 Å². The second-order valence-corrected chi connectivity index (χ2v) is 24.0. The number of para-hydroxylation sites is 4. The van der Waals surface area contributed by atoms with Gasteiger partial charge in [-0.15, -0.1) is 22.7 Å². The molecule has 0 atom stereocenters. The minimum Gasteiger partial charge on any atom is -0.456 e. The van der Waals surface area contributed by atoms with Gasteiger partial charge in [0.15, 0.2) is 0 Å². The van der Waals surface area contributed by atoms with Crippen LogP contribution in [-0.4, -0.2) is 0 Å². The van der Waals surface area contributed by atoms with Gasteiger partial charge in [0, 0.05) is 107 Å². The van der Waals surface area contributed by atoms with Gasteiger partial charge in [-0.25, -0.2) is 0 Å². The first-order valence-corrected chi connectivity index (χ1v) is 29.3. The van der Waals surface area contributed by atoms with E-state index in [-0.39, 0.29) is 0 Å².